The molecule has 0 bridgehead atoms. The van der Waals surface area contributed by atoms with Crippen molar-refractivity contribution in [1.82, 2.24) is 4.90 Å². The molecular formula is C27H29ClN2O. The Hall–Kier alpha value is -2.64. The van der Waals surface area contributed by atoms with Crippen LogP contribution >= 0.6 is 12.4 Å². The van der Waals surface area contributed by atoms with Crippen molar-refractivity contribution in [2.75, 3.05) is 21.2 Å². The summed E-state index contributed by atoms with van der Waals surface area (Å²) < 4.78 is 6.04. The number of fused-ring (bicyclic) bond motifs is 1. The highest BCUT2D eigenvalue weighted by atomic mass is 35.5. The molecule has 0 heterocycles. The summed E-state index contributed by atoms with van der Waals surface area (Å²) in [6.07, 6.45) is 2.14. The van der Waals surface area contributed by atoms with E-state index in [0.29, 0.717) is 11.6 Å². The van der Waals surface area contributed by atoms with Crippen LogP contribution < -0.4 is 0 Å². The molecule has 1 aliphatic rings. The van der Waals surface area contributed by atoms with Crippen molar-refractivity contribution in [2.24, 2.45) is 0 Å². The van der Waals surface area contributed by atoms with Crippen LogP contribution in [0.3, 0.4) is 0 Å². The van der Waals surface area contributed by atoms with Gasteiger partial charge in [0, 0.05) is 13.2 Å². The summed E-state index contributed by atoms with van der Waals surface area (Å²) in [7, 11) is 6.08. The smallest absolute Gasteiger partial charge is 0.106 e. The Bertz CT molecular complexity index is 1100. The lowest BCUT2D eigenvalue weighted by atomic mass is 9.75. The molecule has 160 valence electrons. The van der Waals surface area contributed by atoms with E-state index >= 15 is 0 Å². The lowest BCUT2D eigenvalue weighted by Gasteiger charge is -2.45. The van der Waals surface area contributed by atoms with Crippen LogP contribution in [-0.4, -0.2) is 32.1 Å². The van der Waals surface area contributed by atoms with Gasteiger partial charge >= 0.3 is 0 Å². The molecule has 0 fully saturated rings. The second kappa shape index (κ2) is 9.24. The number of hydrogen-bond acceptors (Lipinski definition) is 3. The first-order valence-corrected chi connectivity index (χ1v) is 10.4. The lowest BCUT2D eigenvalue weighted by molar-refractivity contribution is -0.0686. The van der Waals surface area contributed by atoms with Gasteiger partial charge in [-0.25, -0.2) is 0 Å². The quantitative estimate of drug-likeness (QED) is 0.503. The number of hydrogen-bond donors (Lipinski definition) is 0. The van der Waals surface area contributed by atoms with Crippen LogP contribution in [0, 0.1) is 11.3 Å². The van der Waals surface area contributed by atoms with Gasteiger partial charge in [-0.05, 0) is 73.3 Å². The second-order valence-electron chi connectivity index (χ2n) is 8.44. The summed E-state index contributed by atoms with van der Waals surface area (Å²) in [5.74, 6) is 0. The summed E-state index contributed by atoms with van der Waals surface area (Å²) in [4.78, 5) is 2.28. The third-order valence-electron chi connectivity index (χ3n) is 6.59. The average Bonchev–Trinajstić information content (AvgIpc) is 2.78. The maximum atomic E-state index is 9.38. The normalized spacial score (nSPS) is 19.9. The van der Waals surface area contributed by atoms with Crippen molar-refractivity contribution in [3.63, 3.8) is 0 Å². The van der Waals surface area contributed by atoms with Gasteiger partial charge in [-0.1, -0.05) is 60.7 Å². The van der Waals surface area contributed by atoms with Crippen molar-refractivity contribution >= 4 is 12.4 Å². The molecule has 0 amide bonds. The van der Waals surface area contributed by atoms with E-state index in [1.54, 1.807) is 0 Å². The summed E-state index contributed by atoms with van der Waals surface area (Å²) in [5, 5.41) is 9.38. The van der Waals surface area contributed by atoms with Gasteiger partial charge in [-0.3, -0.25) is 0 Å². The van der Waals surface area contributed by atoms with Crippen LogP contribution in [0.4, 0.5) is 0 Å². The fourth-order valence-corrected chi connectivity index (χ4v) is 4.88. The molecule has 3 aromatic carbocycles. The molecule has 0 spiro atoms. The molecule has 3 aromatic rings. The molecule has 4 rings (SSSR count). The van der Waals surface area contributed by atoms with Crippen LogP contribution in [0.15, 0.2) is 66.7 Å². The van der Waals surface area contributed by atoms with Gasteiger partial charge in [0.1, 0.15) is 5.60 Å². The molecule has 0 aromatic heterocycles. The average molecular weight is 433 g/mol. The van der Waals surface area contributed by atoms with E-state index in [-0.39, 0.29) is 18.0 Å². The van der Waals surface area contributed by atoms with E-state index < -0.39 is 0 Å². The van der Waals surface area contributed by atoms with Gasteiger partial charge < -0.3 is 9.64 Å². The summed E-state index contributed by atoms with van der Waals surface area (Å²) >= 11 is 0. The zero-order valence-corrected chi connectivity index (χ0v) is 19.4. The highest BCUT2D eigenvalue weighted by Crippen LogP contribution is 2.41. The van der Waals surface area contributed by atoms with E-state index in [0.717, 1.165) is 24.0 Å². The van der Waals surface area contributed by atoms with Gasteiger partial charge in [-0.2, -0.15) is 5.26 Å². The predicted octanol–water partition coefficient (Wildman–Crippen LogP) is 6.05. The minimum atomic E-state index is -0.305. The predicted molar refractivity (Wildman–Crippen MR) is 129 cm³/mol. The summed E-state index contributed by atoms with van der Waals surface area (Å²) in [6, 6.07) is 25.6. The van der Waals surface area contributed by atoms with Crippen LogP contribution in [0.2, 0.25) is 0 Å². The van der Waals surface area contributed by atoms with E-state index in [1.807, 2.05) is 31.4 Å². The molecule has 1 aliphatic carbocycles. The Labute approximate surface area is 191 Å². The number of nitriles is 1. The number of rotatable bonds is 4. The number of ether oxygens (including phenoxy) is 1. The number of aryl methyl sites for hydroxylation is 1. The van der Waals surface area contributed by atoms with Gasteiger partial charge in [0.2, 0.25) is 0 Å². The molecule has 3 nitrogen and oxygen atoms in total. The molecule has 4 heteroatoms. The molecule has 0 N–H and O–H groups in total. The highest BCUT2D eigenvalue weighted by Gasteiger charge is 2.41. The molecule has 31 heavy (non-hydrogen) atoms. The molecule has 0 aliphatic heterocycles. The Kier molecular flexibility index (Phi) is 6.86. The highest BCUT2D eigenvalue weighted by molar-refractivity contribution is 5.85. The maximum absolute atomic E-state index is 9.38. The first kappa shape index (κ1) is 23.0. The Balaban J connectivity index is 0.00000272. The van der Waals surface area contributed by atoms with Crippen LogP contribution in [0.1, 0.15) is 30.0 Å². The van der Waals surface area contributed by atoms with E-state index in [9.17, 15) is 5.26 Å². The van der Waals surface area contributed by atoms with Crippen molar-refractivity contribution in [3.8, 4) is 28.3 Å². The second-order valence-corrected chi connectivity index (χ2v) is 8.44. The fourth-order valence-electron chi connectivity index (χ4n) is 4.88. The van der Waals surface area contributed by atoms with Crippen molar-refractivity contribution < 1.29 is 4.74 Å². The zero-order chi connectivity index (χ0) is 21.3. The van der Waals surface area contributed by atoms with Gasteiger partial charge in [0.05, 0.1) is 11.6 Å². The van der Waals surface area contributed by atoms with Gasteiger partial charge in [0.15, 0.2) is 0 Å². The monoisotopic (exact) mass is 432 g/mol. The van der Waals surface area contributed by atoms with Crippen LogP contribution in [0.25, 0.3) is 22.3 Å². The van der Waals surface area contributed by atoms with E-state index in [1.165, 1.54) is 22.3 Å². The Morgan fingerprint density at radius 2 is 1.61 bits per heavy atom. The number of nitrogens with zero attached hydrogens (tertiary/aromatic N) is 2. The number of halogens is 1. The zero-order valence-electron chi connectivity index (χ0n) is 18.6. The van der Waals surface area contributed by atoms with Crippen molar-refractivity contribution in [2.45, 2.75) is 31.4 Å². The van der Waals surface area contributed by atoms with Crippen molar-refractivity contribution in [1.29, 1.82) is 5.26 Å². The Morgan fingerprint density at radius 1 is 0.968 bits per heavy atom. The van der Waals surface area contributed by atoms with Crippen LogP contribution in [0.5, 0.6) is 0 Å². The molecule has 2 unspecified atom stereocenters. The molecule has 0 radical (unpaired) electrons. The third-order valence-corrected chi connectivity index (χ3v) is 6.59. The largest absolute Gasteiger partial charge is 0.372 e. The first-order chi connectivity index (χ1) is 14.5. The first-order valence-electron chi connectivity index (χ1n) is 10.4. The SMILES string of the molecule is COC1(C)c2ccc(-c3ccc(-c4ccccc4C#N)cc3)cc2CCC1N(C)C.Cl. The lowest BCUT2D eigenvalue weighted by Crippen LogP contribution is -2.50. The minimum Gasteiger partial charge on any atom is -0.372 e. The topological polar surface area (TPSA) is 36.3 Å². The number of methoxy groups -OCH3 is 1. The third kappa shape index (κ3) is 4.12. The number of likely N-dealkylation sites (N-methyl/N-ethyl adjacent to an activating group) is 1. The minimum absolute atomic E-state index is 0. The van der Waals surface area contributed by atoms with Gasteiger partial charge in [-0.15, -0.1) is 12.4 Å². The van der Waals surface area contributed by atoms with E-state index in [2.05, 4.69) is 74.5 Å². The summed E-state index contributed by atoms with van der Waals surface area (Å²) in [5.41, 5.74) is 7.50. The molecule has 0 saturated carbocycles. The Morgan fingerprint density at radius 3 is 2.26 bits per heavy atom. The van der Waals surface area contributed by atoms with Crippen molar-refractivity contribution in [3.05, 3.63) is 83.4 Å². The molecule has 0 saturated heterocycles. The fraction of sp³-hybridized carbons (Fsp3) is 0.296. The molecule has 2 atom stereocenters. The summed E-state index contributed by atoms with van der Waals surface area (Å²) in [6.45, 7) is 2.21. The van der Waals surface area contributed by atoms with E-state index in [4.69, 9.17) is 4.74 Å². The maximum Gasteiger partial charge on any atom is 0.106 e. The standard InChI is InChI=1S/C27H28N2O.ClH/c1-27(30-4)25-15-13-21(17-22(25)14-16-26(27)29(2)3)19-9-11-20(12-10-19)24-8-6-5-7-23(24)18-28;/h5-13,15,17,26H,14,16H2,1-4H3;1H. The molecular weight excluding hydrogens is 404 g/mol. The number of benzene rings is 3. The van der Waals surface area contributed by atoms with Gasteiger partial charge in [0.25, 0.3) is 0 Å². The van der Waals surface area contributed by atoms with Crippen LogP contribution in [-0.2, 0) is 16.8 Å².